The summed E-state index contributed by atoms with van der Waals surface area (Å²) in [6, 6.07) is 17.5. The highest BCUT2D eigenvalue weighted by Crippen LogP contribution is 2.40. The van der Waals surface area contributed by atoms with Gasteiger partial charge in [-0.05, 0) is 35.4 Å². The largest absolute Gasteiger partial charge is 0.493 e. The summed E-state index contributed by atoms with van der Waals surface area (Å²) in [4.78, 5) is 36.1. The maximum absolute atomic E-state index is 14.2. The van der Waals surface area contributed by atoms with Crippen molar-refractivity contribution < 1.29 is 23.8 Å². The van der Waals surface area contributed by atoms with E-state index in [-0.39, 0.29) is 25.2 Å². The van der Waals surface area contributed by atoms with E-state index in [1.807, 2.05) is 42.5 Å². The van der Waals surface area contributed by atoms with Gasteiger partial charge in [0.2, 0.25) is 0 Å². The van der Waals surface area contributed by atoms with Crippen molar-refractivity contribution in [2.45, 2.75) is 56.6 Å². The van der Waals surface area contributed by atoms with Crippen molar-refractivity contribution in [3.63, 3.8) is 0 Å². The Morgan fingerprint density at radius 3 is 2.49 bits per heavy atom. The fourth-order valence-corrected chi connectivity index (χ4v) is 6.20. The number of ether oxygens (including phenoxy) is 3. The zero-order valence-electron chi connectivity index (χ0n) is 24.0. The quantitative estimate of drug-likeness (QED) is 0.159. The number of carbonyl (C=O) groups is 2. The number of pyridine rings is 1. The molecule has 1 aromatic heterocycles. The van der Waals surface area contributed by atoms with Gasteiger partial charge in [0.25, 0.3) is 11.8 Å². The Balaban J connectivity index is 1.51. The molecule has 2 amide bonds. The normalized spacial score (nSPS) is 16.6. The van der Waals surface area contributed by atoms with Crippen molar-refractivity contribution in [2.24, 2.45) is 0 Å². The van der Waals surface area contributed by atoms with Crippen molar-refractivity contribution in [3.05, 3.63) is 82.7 Å². The summed E-state index contributed by atoms with van der Waals surface area (Å²) in [6.45, 7) is 8.04. The van der Waals surface area contributed by atoms with Crippen molar-refractivity contribution in [3.8, 4) is 11.5 Å². The summed E-state index contributed by atoms with van der Waals surface area (Å²) >= 11 is 3.44. The number of rotatable bonds is 10. The lowest BCUT2D eigenvalue weighted by atomic mass is 9.93. The molecule has 0 saturated heterocycles. The molecule has 0 spiro atoms. The van der Waals surface area contributed by atoms with Gasteiger partial charge in [0.1, 0.15) is 19.4 Å². The standard InChI is InChI=1S/C31H36BrN3O5Si/c1-38-28-15-25-26(16-29(28)40-19-24-11-7-10-23(17-32)33-24)35(20-39-12-13-41(2,3)4)31(37)27-14-21-8-5-6-9-22(21)18-34(27)30(25)36/h5-11,15-16,27H,12-14,17-20H2,1-4H3/t27-/m0/s1. The topological polar surface area (TPSA) is 81.2 Å². The van der Waals surface area contributed by atoms with Crippen LogP contribution in [0.15, 0.2) is 54.6 Å². The third-order valence-electron chi connectivity index (χ3n) is 7.46. The summed E-state index contributed by atoms with van der Waals surface area (Å²) in [6.07, 6.45) is 0.455. The molecule has 2 aliphatic heterocycles. The third-order valence-corrected chi connectivity index (χ3v) is 9.74. The highest BCUT2D eigenvalue weighted by atomic mass is 79.9. The van der Waals surface area contributed by atoms with E-state index in [1.54, 1.807) is 29.0 Å². The molecule has 216 valence electrons. The average Bonchev–Trinajstić information content (AvgIpc) is 3.05. The van der Waals surface area contributed by atoms with Crippen LogP contribution in [-0.4, -0.2) is 56.3 Å². The van der Waals surface area contributed by atoms with Gasteiger partial charge in [0.15, 0.2) is 11.5 Å². The molecule has 0 aliphatic carbocycles. The van der Waals surface area contributed by atoms with Gasteiger partial charge in [0, 0.05) is 39.0 Å². The molecular weight excluding hydrogens is 602 g/mol. The molecule has 1 atom stereocenters. The van der Waals surface area contributed by atoms with E-state index in [0.717, 1.165) is 28.6 Å². The zero-order valence-corrected chi connectivity index (χ0v) is 26.6. The fraction of sp³-hybridized carbons (Fsp3) is 0.387. The van der Waals surface area contributed by atoms with Crippen LogP contribution in [0.1, 0.15) is 32.9 Å². The lowest BCUT2D eigenvalue weighted by Gasteiger charge is -2.35. The maximum atomic E-state index is 14.2. The first-order valence-electron chi connectivity index (χ1n) is 13.8. The number of anilines is 1. The van der Waals surface area contributed by atoms with Crippen LogP contribution in [0, 0.1) is 0 Å². The first kappa shape index (κ1) is 29.3. The van der Waals surface area contributed by atoms with E-state index < -0.39 is 14.1 Å². The smallest absolute Gasteiger partial charge is 0.257 e. The molecule has 0 N–H and O–H groups in total. The number of amides is 2. The molecule has 0 unspecified atom stereocenters. The molecule has 5 rings (SSSR count). The number of hydrogen-bond donors (Lipinski definition) is 0. The molecule has 0 bridgehead atoms. The summed E-state index contributed by atoms with van der Waals surface area (Å²) in [5.74, 6) is 0.459. The van der Waals surface area contributed by atoms with Gasteiger partial charge in [-0.15, -0.1) is 0 Å². The number of fused-ring (bicyclic) bond motifs is 3. The van der Waals surface area contributed by atoms with Crippen LogP contribution in [0.2, 0.25) is 25.7 Å². The lowest BCUT2D eigenvalue weighted by Crippen LogP contribution is -2.51. The number of hydrogen-bond acceptors (Lipinski definition) is 6. The minimum absolute atomic E-state index is 0.0518. The minimum atomic E-state index is -1.33. The van der Waals surface area contributed by atoms with Gasteiger partial charge in [-0.1, -0.05) is 65.9 Å². The SMILES string of the molecule is COc1cc2c(cc1OCc1cccc(CBr)n1)N(COCC[Si](C)(C)C)C(=O)[C@@H]1Cc3ccccc3CN1C2=O. The number of carbonyl (C=O) groups excluding carboxylic acids is 2. The van der Waals surface area contributed by atoms with Crippen LogP contribution in [-0.2, 0) is 34.4 Å². The molecule has 3 aromatic rings. The zero-order chi connectivity index (χ0) is 29.1. The summed E-state index contributed by atoms with van der Waals surface area (Å²) in [5, 5.41) is 0.640. The number of methoxy groups -OCH3 is 1. The number of alkyl halides is 1. The first-order valence-corrected chi connectivity index (χ1v) is 18.6. The fourth-order valence-electron chi connectivity index (χ4n) is 5.13. The number of aromatic nitrogens is 1. The minimum Gasteiger partial charge on any atom is -0.493 e. The number of benzene rings is 2. The Bertz CT molecular complexity index is 1440. The summed E-state index contributed by atoms with van der Waals surface area (Å²) < 4.78 is 17.9. The van der Waals surface area contributed by atoms with Gasteiger partial charge in [-0.25, -0.2) is 0 Å². The molecular formula is C31H36BrN3O5Si. The molecule has 2 aromatic carbocycles. The number of nitrogens with zero attached hydrogens (tertiary/aromatic N) is 3. The van der Waals surface area contributed by atoms with Crippen LogP contribution in [0.4, 0.5) is 5.69 Å². The van der Waals surface area contributed by atoms with Crippen LogP contribution in [0.5, 0.6) is 11.5 Å². The average molecular weight is 639 g/mol. The van der Waals surface area contributed by atoms with E-state index in [9.17, 15) is 9.59 Å². The van der Waals surface area contributed by atoms with E-state index >= 15 is 0 Å². The van der Waals surface area contributed by atoms with Gasteiger partial charge >= 0.3 is 0 Å². The Hall–Kier alpha value is -3.21. The second kappa shape index (κ2) is 12.3. The molecule has 0 radical (unpaired) electrons. The van der Waals surface area contributed by atoms with Crippen molar-refractivity contribution in [1.82, 2.24) is 9.88 Å². The Labute approximate surface area is 250 Å². The lowest BCUT2D eigenvalue weighted by molar-refractivity contribution is -0.124. The third kappa shape index (κ3) is 6.50. The molecule has 3 heterocycles. The maximum Gasteiger partial charge on any atom is 0.257 e. The second-order valence-corrected chi connectivity index (χ2v) is 17.8. The van der Waals surface area contributed by atoms with Crippen LogP contribution in [0.25, 0.3) is 0 Å². The van der Waals surface area contributed by atoms with E-state index in [1.165, 1.54) is 0 Å². The Morgan fingerprint density at radius 2 is 1.76 bits per heavy atom. The predicted octanol–water partition coefficient (Wildman–Crippen LogP) is 5.79. The molecule has 0 fully saturated rings. The first-order chi connectivity index (χ1) is 19.7. The Morgan fingerprint density at radius 1 is 1.00 bits per heavy atom. The second-order valence-electron chi connectivity index (χ2n) is 11.6. The van der Waals surface area contributed by atoms with Crippen LogP contribution < -0.4 is 14.4 Å². The van der Waals surface area contributed by atoms with Crippen molar-refractivity contribution in [2.75, 3.05) is 25.3 Å². The summed E-state index contributed by atoms with van der Waals surface area (Å²) in [5.41, 5.74) is 4.64. The van der Waals surface area contributed by atoms with E-state index in [4.69, 9.17) is 14.2 Å². The predicted molar refractivity (Wildman–Crippen MR) is 164 cm³/mol. The van der Waals surface area contributed by atoms with Gasteiger partial charge < -0.3 is 19.1 Å². The van der Waals surface area contributed by atoms with Crippen molar-refractivity contribution >= 4 is 41.5 Å². The van der Waals surface area contributed by atoms with Crippen LogP contribution >= 0.6 is 15.9 Å². The highest BCUT2D eigenvalue weighted by molar-refractivity contribution is 9.08. The monoisotopic (exact) mass is 637 g/mol. The van der Waals surface area contributed by atoms with Gasteiger partial charge in [-0.3, -0.25) is 19.5 Å². The molecule has 2 aliphatic rings. The van der Waals surface area contributed by atoms with E-state index in [0.29, 0.717) is 47.7 Å². The molecule has 10 heteroatoms. The molecule has 41 heavy (non-hydrogen) atoms. The Kier molecular flexibility index (Phi) is 8.81. The molecule has 0 saturated carbocycles. The van der Waals surface area contributed by atoms with Gasteiger partial charge in [-0.2, -0.15) is 0 Å². The highest BCUT2D eigenvalue weighted by Gasteiger charge is 2.43. The van der Waals surface area contributed by atoms with Crippen molar-refractivity contribution in [1.29, 1.82) is 0 Å². The van der Waals surface area contributed by atoms with Gasteiger partial charge in [0.05, 0.1) is 29.7 Å². The molecule has 8 nitrogen and oxygen atoms in total. The van der Waals surface area contributed by atoms with E-state index in [2.05, 4.69) is 40.6 Å². The van der Waals surface area contributed by atoms with Crippen LogP contribution in [0.3, 0.4) is 0 Å². The number of halogens is 1. The summed E-state index contributed by atoms with van der Waals surface area (Å²) in [7, 11) is 0.215.